The van der Waals surface area contributed by atoms with Crippen molar-refractivity contribution in [1.29, 1.82) is 0 Å². The van der Waals surface area contributed by atoms with E-state index in [0.717, 1.165) is 19.6 Å². The molecule has 0 fully saturated rings. The second kappa shape index (κ2) is 8.60. The fraction of sp³-hybridized carbons (Fsp3) is 0.625. The van der Waals surface area contributed by atoms with Crippen LogP contribution in [0.25, 0.3) is 0 Å². The molecule has 0 bridgehead atoms. The second-order valence-electron chi connectivity index (χ2n) is 5.30. The normalized spacial score (nSPS) is 11.1. The van der Waals surface area contributed by atoms with Gasteiger partial charge in [-0.2, -0.15) is 0 Å². The first kappa shape index (κ1) is 16.5. The van der Waals surface area contributed by atoms with Crippen LogP contribution in [0.3, 0.4) is 0 Å². The summed E-state index contributed by atoms with van der Waals surface area (Å²) in [7, 11) is 0. The van der Waals surface area contributed by atoms with Gasteiger partial charge in [-0.05, 0) is 30.5 Å². The highest BCUT2D eigenvalue weighted by Gasteiger charge is 2.07. The highest BCUT2D eigenvalue weighted by Crippen LogP contribution is 2.24. The molecular weight excluding hydrogens is 300 g/mol. The molecule has 0 aliphatic heterocycles. The molecule has 0 atom stereocenters. The van der Waals surface area contributed by atoms with E-state index in [0.29, 0.717) is 6.04 Å². The smallest absolute Gasteiger partial charge is 0.0377 e. The Labute approximate surface area is 126 Å². The lowest BCUT2D eigenvalue weighted by Crippen LogP contribution is -2.25. The van der Waals surface area contributed by atoms with Crippen molar-refractivity contribution in [2.75, 3.05) is 18.0 Å². The van der Waals surface area contributed by atoms with Crippen LogP contribution in [0.1, 0.15) is 46.1 Å². The van der Waals surface area contributed by atoms with E-state index in [4.69, 9.17) is 0 Å². The topological polar surface area (TPSA) is 15.3 Å². The van der Waals surface area contributed by atoms with Crippen LogP contribution < -0.4 is 10.2 Å². The standard InChI is InChI=1S/C16H27BrN2/c1-5-9-19(10-6-2)15-8-7-14(16(17)11-15)12-18-13(3)4/h7-8,11,13,18H,5-6,9-10,12H2,1-4H3. The van der Waals surface area contributed by atoms with E-state index in [1.807, 2.05) is 0 Å². The van der Waals surface area contributed by atoms with Gasteiger partial charge in [0.1, 0.15) is 0 Å². The number of nitrogens with one attached hydrogen (secondary N) is 1. The summed E-state index contributed by atoms with van der Waals surface area (Å²) in [5.74, 6) is 0. The molecule has 1 aromatic rings. The predicted molar refractivity (Wildman–Crippen MR) is 88.9 cm³/mol. The van der Waals surface area contributed by atoms with Crippen LogP contribution in [-0.4, -0.2) is 19.1 Å². The quantitative estimate of drug-likeness (QED) is 0.752. The van der Waals surface area contributed by atoms with Gasteiger partial charge in [0.25, 0.3) is 0 Å². The zero-order valence-electron chi connectivity index (χ0n) is 12.7. The van der Waals surface area contributed by atoms with Crippen molar-refractivity contribution in [3.63, 3.8) is 0 Å². The molecule has 1 N–H and O–H groups in total. The van der Waals surface area contributed by atoms with Crippen molar-refractivity contribution in [3.05, 3.63) is 28.2 Å². The van der Waals surface area contributed by atoms with Crippen molar-refractivity contribution in [3.8, 4) is 0 Å². The van der Waals surface area contributed by atoms with Gasteiger partial charge < -0.3 is 10.2 Å². The molecule has 0 aliphatic carbocycles. The van der Waals surface area contributed by atoms with Gasteiger partial charge in [-0.25, -0.2) is 0 Å². The SMILES string of the molecule is CCCN(CCC)c1ccc(CNC(C)C)c(Br)c1. The summed E-state index contributed by atoms with van der Waals surface area (Å²) in [6.07, 6.45) is 2.38. The minimum atomic E-state index is 0.517. The molecule has 0 aliphatic rings. The maximum Gasteiger partial charge on any atom is 0.0377 e. The lowest BCUT2D eigenvalue weighted by molar-refractivity contribution is 0.588. The van der Waals surface area contributed by atoms with Gasteiger partial charge in [0, 0.05) is 35.8 Å². The van der Waals surface area contributed by atoms with Crippen LogP contribution in [-0.2, 0) is 6.54 Å². The fourth-order valence-corrected chi connectivity index (χ4v) is 2.61. The van der Waals surface area contributed by atoms with E-state index < -0.39 is 0 Å². The monoisotopic (exact) mass is 326 g/mol. The Morgan fingerprint density at radius 3 is 2.26 bits per heavy atom. The highest BCUT2D eigenvalue weighted by atomic mass is 79.9. The van der Waals surface area contributed by atoms with Crippen LogP contribution in [0.4, 0.5) is 5.69 Å². The van der Waals surface area contributed by atoms with Gasteiger partial charge in [-0.3, -0.25) is 0 Å². The summed E-state index contributed by atoms with van der Waals surface area (Å²) in [5.41, 5.74) is 2.65. The first-order chi connectivity index (χ1) is 9.08. The molecule has 0 unspecified atom stereocenters. The van der Waals surface area contributed by atoms with Crippen LogP contribution >= 0.6 is 15.9 Å². The number of nitrogens with zero attached hydrogens (tertiary/aromatic N) is 1. The van der Waals surface area contributed by atoms with Gasteiger partial charge in [-0.1, -0.05) is 49.7 Å². The summed E-state index contributed by atoms with van der Waals surface area (Å²) in [4.78, 5) is 2.46. The van der Waals surface area contributed by atoms with E-state index in [9.17, 15) is 0 Å². The van der Waals surface area contributed by atoms with Gasteiger partial charge in [0.15, 0.2) is 0 Å². The van der Waals surface area contributed by atoms with E-state index in [1.165, 1.54) is 28.6 Å². The number of hydrogen-bond donors (Lipinski definition) is 1. The summed E-state index contributed by atoms with van der Waals surface area (Å²) in [6.45, 7) is 12.0. The Hall–Kier alpha value is -0.540. The maximum atomic E-state index is 3.70. The van der Waals surface area contributed by atoms with E-state index in [1.54, 1.807) is 0 Å². The van der Waals surface area contributed by atoms with Crippen molar-refractivity contribution >= 4 is 21.6 Å². The Bertz CT molecular complexity index is 371. The third kappa shape index (κ3) is 5.53. The highest BCUT2D eigenvalue weighted by molar-refractivity contribution is 9.10. The molecule has 0 aromatic heterocycles. The number of hydrogen-bond acceptors (Lipinski definition) is 2. The second-order valence-corrected chi connectivity index (χ2v) is 6.15. The Kier molecular flexibility index (Phi) is 7.47. The maximum absolute atomic E-state index is 3.70. The molecule has 0 amide bonds. The van der Waals surface area contributed by atoms with Crippen LogP contribution in [0.2, 0.25) is 0 Å². The summed E-state index contributed by atoms with van der Waals surface area (Å²) < 4.78 is 1.20. The lowest BCUT2D eigenvalue weighted by Gasteiger charge is -2.24. The number of rotatable bonds is 8. The molecular formula is C16H27BrN2. The molecule has 3 heteroatoms. The van der Waals surface area contributed by atoms with Gasteiger partial charge in [0.2, 0.25) is 0 Å². The Morgan fingerprint density at radius 2 is 1.79 bits per heavy atom. The number of halogens is 1. The van der Waals surface area contributed by atoms with Crippen molar-refractivity contribution < 1.29 is 0 Å². The average molecular weight is 327 g/mol. The fourth-order valence-electron chi connectivity index (χ4n) is 2.10. The molecule has 108 valence electrons. The zero-order chi connectivity index (χ0) is 14.3. The largest absolute Gasteiger partial charge is 0.372 e. The van der Waals surface area contributed by atoms with E-state index in [2.05, 4.69) is 72.0 Å². The van der Waals surface area contributed by atoms with Crippen LogP contribution in [0, 0.1) is 0 Å². The molecule has 0 spiro atoms. The van der Waals surface area contributed by atoms with Gasteiger partial charge in [0.05, 0.1) is 0 Å². The number of anilines is 1. The molecule has 0 saturated carbocycles. The summed E-state index contributed by atoms with van der Waals surface area (Å²) >= 11 is 3.70. The number of benzene rings is 1. The Morgan fingerprint density at radius 1 is 1.16 bits per heavy atom. The van der Waals surface area contributed by atoms with Crippen molar-refractivity contribution in [2.45, 2.75) is 53.1 Å². The van der Waals surface area contributed by atoms with Crippen molar-refractivity contribution in [1.82, 2.24) is 5.32 Å². The predicted octanol–water partition coefficient (Wildman–Crippen LogP) is 4.57. The van der Waals surface area contributed by atoms with Crippen LogP contribution in [0.5, 0.6) is 0 Å². The first-order valence-corrected chi connectivity index (χ1v) is 8.14. The molecule has 19 heavy (non-hydrogen) atoms. The van der Waals surface area contributed by atoms with Gasteiger partial charge in [-0.15, -0.1) is 0 Å². The summed E-state index contributed by atoms with van der Waals surface area (Å²) in [6, 6.07) is 7.24. The third-order valence-electron chi connectivity index (χ3n) is 3.09. The average Bonchev–Trinajstić information content (AvgIpc) is 2.37. The molecule has 1 aromatic carbocycles. The van der Waals surface area contributed by atoms with E-state index >= 15 is 0 Å². The van der Waals surface area contributed by atoms with E-state index in [-0.39, 0.29) is 0 Å². The van der Waals surface area contributed by atoms with Gasteiger partial charge >= 0.3 is 0 Å². The molecule has 0 radical (unpaired) electrons. The molecule has 0 saturated heterocycles. The molecule has 1 rings (SSSR count). The minimum Gasteiger partial charge on any atom is -0.372 e. The Balaban J connectivity index is 2.78. The summed E-state index contributed by atoms with van der Waals surface area (Å²) in [5, 5.41) is 3.46. The third-order valence-corrected chi connectivity index (χ3v) is 3.83. The first-order valence-electron chi connectivity index (χ1n) is 7.35. The molecule has 2 nitrogen and oxygen atoms in total. The van der Waals surface area contributed by atoms with Crippen molar-refractivity contribution in [2.24, 2.45) is 0 Å². The lowest BCUT2D eigenvalue weighted by atomic mass is 10.1. The van der Waals surface area contributed by atoms with Crippen LogP contribution in [0.15, 0.2) is 22.7 Å². The zero-order valence-corrected chi connectivity index (χ0v) is 14.3. The molecule has 0 heterocycles. The minimum absolute atomic E-state index is 0.517.